The summed E-state index contributed by atoms with van der Waals surface area (Å²) < 4.78 is 81.5. The summed E-state index contributed by atoms with van der Waals surface area (Å²) >= 11 is 0. The van der Waals surface area contributed by atoms with E-state index in [0.29, 0.717) is 46.2 Å². The number of carbonyl (C=O) groups is 12. The van der Waals surface area contributed by atoms with Gasteiger partial charge < -0.3 is 165 Å². The summed E-state index contributed by atoms with van der Waals surface area (Å²) in [7, 11) is 7.60. The van der Waals surface area contributed by atoms with Crippen LogP contribution in [0.5, 0.6) is 0 Å². The fraction of sp³-hybridized carbons (Fsp3) is 0.813. The molecule has 0 aromatic rings. The average molecular weight is 1730 g/mol. The van der Waals surface area contributed by atoms with Crippen LogP contribution in [-0.4, -0.2) is 522 Å². The summed E-state index contributed by atoms with van der Waals surface area (Å²) in [5.74, 6) is -6.04. The van der Waals surface area contributed by atoms with Crippen molar-refractivity contribution in [2.45, 2.75) is 6.92 Å². The van der Waals surface area contributed by atoms with Crippen LogP contribution in [0.4, 0.5) is 0 Å². The summed E-state index contributed by atoms with van der Waals surface area (Å²) in [5, 5.41) is 2.86. The largest absolute Gasteiger partial charge is 0.382 e. The van der Waals surface area contributed by atoms with Crippen molar-refractivity contribution in [2.24, 2.45) is 34.4 Å². The molecule has 11 amide bonds. The van der Waals surface area contributed by atoms with Crippen LogP contribution in [0.2, 0.25) is 0 Å². The Bertz CT molecular complexity index is 2830. The molecule has 0 saturated carbocycles. The number of nitrogens with one attached hydrogen (secondary N) is 1. The van der Waals surface area contributed by atoms with Gasteiger partial charge in [0.2, 0.25) is 65.0 Å². The van der Waals surface area contributed by atoms with E-state index in [0.717, 1.165) is 49.0 Å². The van der Waals surface area contributed by atoms with Gasteiger partial charge in [0, 0.05) is 147 Å². The Labute approximate surface area is 706 Å². The number of Topliss-reactive ketones (excluding diaryl/α,β-unsaturated/α-hetero) is 1. The van der Waals surface area contributed by atoms with Gasteiger partial charge in [-0.15, -0.1) is 6.42 Å². The second-order valence-corrected chi connectivity index (χ2v) is 26.3. The van der Waals surface area contributed by atoms with Gasteiger partial charge in [-0.05, 0) is 6.92 Å². The molecule has 0 bridgehead atoms. The van der Waals surface area contributed by atoms with Crippen LogP contribution < -0.4 is 39.7 Å². The smallest absolute Gasteiger partial charge is 0.242 e. The number of hydrogen-bond donors (Lipinski definition) is 7. The summed E-state index contributed by atoms with van der Waals surface area (Å²) in [6.45, 7) is -4.39. The molecule has 0 saturated heterocycles. The lowest BCUT2D eigenvalue weighted by atomic mass is 10.3. The number of ketones is 1. The first-order valence-corrected chi connectivity index (χ1v) is 40.2. The molecule has 45 nitrogen and oxygen atoms in total. The lowest BCUT2D eigenvalue weighted by Crippen LogP contribution is -2.54. The van der Waals surface area contributed by atoms with Crippen LogP contribution in [0.3, 0.4) is 0 Å². The van der Waals surface area contributed by atoms with E-state index in [1.54, 1.807) is 7.11 Å². The van der Waals surface area contributed by atoms with Crippen LogP contribution in [0.15, 0.2) is 0 Å². The molecule has 120 heavy (non-hydrogen) atoms. The standard InChI is InChI=1S/C75H142N18O27/c1-8-16-83(65(95)52-82-15-9-76)54-66(96)85(18-11-78)56-72(102)91(24-29-113-44-49-118-39-34-108-5)61-68(98)87(20-13-80)58-74(104)93(26-31-115-46-51-120-41-36-110-7)63-70(100)88(21-14-81)59-75(105)92(25-30-114-45-50-119-40-35-109-6)62-69(99)86(19-12-79)57-73(103)90(23-28-112-43-48-117-38-33-107-4)60-67(97)84(17-10-77)55-71(101)89(53-64(2)94)22-27-111-42-47-116-37-32-106-3/h1,82H,9-63,76-81H2,2-7H3. The molecule has 0 aliphatic heterocycles. The van der Waals surface area contributed by atoms with Crippen molar-refractivity contribution >= 4 is 70.8 Å². The minimum atomic E-state index is -0.818. The first-order chi connectivity index (χ1) is 58.0. The van der Waals surface area contributed by atoms with Gasteiger partial charge in [0.15, 0.2) is 0 Å². The molecule has 0 aromatic carbocycles. The van der Waals surface area contributed by atoms with Crippen molar-refractivity contribution in [3.05, 3.63) is 0 Å². The van der Waals surface area contributed by atoms with Gasteiger partial charge >= 0.3 is 0 Å². The quantitative estimate of drug-likeness (QED) is 0.0220. The van der Waals surface area contributed by atoms with Crippen molar-refractivity contribution < 1.29 is 129 Å². The van der Waals surface area contributed by atoms with Crippen molar-refractivity contribution in [1.29, 1.82) is 0 Å². The first kappa shape index (κ1) is 113. The van der Waals surface area contributed by atoms with E-state index >= 15 is 0 Å². The second-order valence-electron chi connectivity index (χ2n) is 26.3. The lowest BCUT2D eigenvalue weighted by Gasteiger charge is -2.33. The molecule has 694 valence electrons. The number of nitrogens with zero attached hydrogens (tertiary/aromatic N) is 11. The minimum Gasteiger partial charge on any atom is -0.382 e. The maximum atomic E-state index is 14.9. The number of amides is 11. The summed E-state index contributed by atoms with van der Waals surface area (Å²) in [4.78, 5) is 183. The predicted octanol–water partition coefficient (Wildman–Crippen LogP) is -9.94. The Balaban J connectivity index is 7.53. The number of nitrogens with two attached hydrogens (primary N) is 6. The number of terminal acetylenes is 1. The van der Waals surface area contributed by atoms with E-state index in [2.05, 4.69) is 11.2 Å². The molecule has 0 rings (SSSR count). The maximum absolute atomic E-state index is 14.9. The van der Waals surface area contributed by atoms with Crippen LogP contribution in [0.25, 0.3) is 0 Å². The number of hydrogen-bond acceptors (Lipinski definition) is 34. The Morgan fingerprint density at radius 2 is 0.417 bits per heavy atom. The molecule has 0 radical (unpaired) electrons. The highest BCUT2D eigenvalue weighted by Gasteiger charge is 2.33. The number of carbonyl (C=O) groups excluding carboxylic acids is 12. The molecule has 13 N–H and O–H groups in total. The van der Waals surface area contributed by atoms with Gasteiger partial charge in [0.25, 0.3) is 0 Å². The number of methoxy groups -OCH3 is 5. The zero-order valence-corrected chi connectivity index (χ0v) is 71.9. The van der Waals surface area contributed by atoms with Crippen LogP contribution in [0.1, 0.15) is 6.92 Å². The van der Waals surface area contributed by atoms with Gasteiger partial charge in [-0.3, -0.25) is 57.5 Å². The zero-order valence-electron chi connectivity index (χ0n) is 71.9. The minimum absolute atomic E-state index is 0.00735. The fourth-order valence-electron chi connectivity index (χ4n) is 10.5. The maximum Gasteiger partial charge on any atom is 0.242 e. The molecule has 0 aliphatic carbocycles. The molecule has 0 fully saturated rings. The van der Waals surface area contributed by atoms with Gasteiger partial charge in [0.1, 0.15) is 12.3 Å². The number of ether oxygens (including phenoxy) is 15. The van der Waals surface area contributed by atoms with E-state index < -0.39 is 130 Å². The Morgan fingerprint density at radius 3 is 0.592 bits per heavy atom. The molecular formula is C75H142N18O27. The molecule has 0 heterocycles. The molecule has 0 spiro atoms. The van der Waals surface area contributed by atoms with Crippen molar-refractivity contribution in [3.63, 3.8) is 0 Å². The highest BCUT2D eigenvalue weighted by Crippen LogP contribution is 2.09. The van der Waals surface area contributed by atoms with Crippen molar-refractivity contribution in [1.82, 2.24) is 59.2 Å². The molecule has 0 aromatic heterocycles. The van der Waals surface area contributed by atoms with Crippen molar-refractivity contribution in [3.8, 4) is 12.3 Å². The van der Waals surface area contributed by atoms with E-state index in [1.165, 1.54) is 40.3 Å². The summed E-state index contributed by atoms with van der Waals surface area (Å²) in [5.41, 5.74) is 35.8. The van der Waals surface area contributed by atoms with Gasteiger partial charge in [-0.1, -0.05) is 5.92 Å². The topological polar surface area (TPSA) is 547 Å². The van der Waals surface area contributed by atoms with Crippen LogP contribution >= 0.6 is 0 Å². The predicted molar refractivity (Wildman–Crippen MR) is 437 cm³/mol. The summed E-state index contributed by atoms with van der Waals surface area (Å²) in [6, 6.07) is 0. The number of rotatable bonds is 82. The highest BCUT2D eigenvalue weighted by atomic mass is 16.6. The molecular weight excluding hydrogens is 1580 g/mol. The van der Waals surface area contributed by atoms with E-state index in [4.69, 9.17) is 112 Å². The lowest BCUT2D eigenvalue weighted by molar-refractivity contribution is -0.149. The van der Waals surface area contributed by atoms with Gasteiger partial charge in [0.05, 0.1) is 244 Å². The molecule has 0 atom stereocenters. The SMILES string of the molecule is C#CCN(CC(=O)N(CCN)CC(=O)N(CCOCCOCCOC)CC(=O)N(CCN)CC(=O)N(CCOCCOCCOC)CC(=O)N(CCN)CC(=O)N(CCOCCOCCOC)CC(=O)N(CCN)CC(=O)N(CCOCCOCCOC)CC(=O)N(CCN)CC(=O)N(CCOCCOCCOC)CC(C)=O)C(=O)CNCCN. The Kier molecular flexibility index (Phi) is 71.6. The van der Waals surface area contributed by atoms with E-state index in [-0.39, 0.29) is 256 Å². The third kappa shape index (κ3) is 56.2. The van der Waals surface area contributed by atoms with Crippen molar-refractivity contribution in [2.75, 3.05) is 397 Å². The summed E-state index contributed by atoms with van der Waals surface area (Å²) in [6.07, 6.45) is 5.56. The fourth-order valence-corrected chi connectivity index (χ4v) is 10.5. The average Bonchev–Trinajstić information content (AvgIpc) is 0.836. The van der Waals surface area contributed by atoms with Crippen LogP contribution in [-0.2, 0) is 129 Å². The monoisotopic (exact) mass is 1730 g/mol. The van der Waals surface area contributed by atoms with E-state index in [9.17, 15) is 57.5 Å². The normalized spacial score (nSPS) is 11.1. The van der Waals surface area contributed by atoms with Gasteiger partial charge in [-0.2, -0.15) is 0 Å². The zero-order chi connectivity index (χ0) is 89.2. The Morgan fingerprint density at radius 1 is 0.242 bits per heavy atom. The molecule has 0 unspecified atom stereocenters. The van der Waals surface area contributed by atoms with Crippen LogP contribution in [0, 0.1) is 12.3 Å². The highest BCUT2D eigenvalue weighted by molar-refractivity contribution is 5.95. The third-order valence-electron chi connectivity index (χ3n) is 17.0. The third-order valence-corrected chi connectivity index (χ3v) is 17.0. The molecule has 0 aliphatic rings. The molecule has 45 heteroatoms. The Hall–Kier alpha value is -7.48. The second kappa shape index (κ2) is 76.4. The first-order valence-electron chi connectivity index (χ1n) is 40.2. The van der Waals surface area contributed by atoms with E-state index in [1.807, 2.05) is 0 Å². The van der Waals surface area contributed by atoms with Gasteiger partial charge in [-0.25, -0.2) is 0 Å².